The van der Waals surface area contributed by atoms with Crippen molar-refractivity contribution in [2.24, 2.45) is 4.99 Å². The summed E-state index contributed by atoms with van der Waals surface area (Å²) >= 11 is 1.17. The number of para-hydroxylation sites is 1. The van der Waals surface area contributed by atoms with Gasteiger partial charge in [-0.05, 0) is 24.6 Å². The molecule has 0 aliphatic carbocycles. The van der Waals surface area contributed by atoms with E-state index < -0.39 is 6.08 Å². The Morgan fingerprint density at radius 3 is 2.65 bits per heavy atom. The highest BCUT2D eigenvalue weighted by Gasteiger charge is 1.99. The van der Waals surface area contributed by atoms with Crippen LogP contribution in [0.3, 0.4) is 0 Å². The average Bonchev–Trinajstić information content (AvgIpc) is 2.34. The number of thioether (sulfide) groups is 1. The lowest BCUT2D eigenvalue weighted by molar-refractivity contribution is 0.418. The minimum atomic E-state index is -1.69. The third-order valence-electron chi connectivity index (χ3n) is 1.74. The van der Waals surface area contributed by atoms with Crippen LogP contribution in [-0.4, -0.2) is 10.8 Å². The first-order chi connectivity index (χ1) is 8.22. The molecule has 0 N–H and O–H groups in total. The van der Waals surface area contributed by atoms with Crippen LogP contribution in [0.1, 0.15) is 6.42 Å². The van der Waals surface area contributed by atoms with Gasteiger partial charge in [0.1, 0.15) is 6.07 Å². The molecule has 0 saturated heterocycles. The zero-order valence-corrected chi connectivity index (χ0v) is 9.75. The second-order valence-electron chi connectivity index (χ2n) is 3.00. The first-order valence-electron chi connectivity index (χ1n) is 4.90. The monoisotopic (exact) mass is 252 g/mol. The number of benzene rings is 1. The minimum absolute atomic E-state index is 0.225. The number of hydrogen-bond donors (Lipinski definition) is 0. The summed E-state index contributed by atoms with van der Waals surface area (Å²) in [5, 5.41) is 9.11. The average molecular weight is 252 g/mol. The van der Waals surface area contributed by atoms with Crippen LogP contribution in [0.2, 0.25) is 0 Å². The maximum Gasteiger partial charge on any atom is 0.266 e. The Labute approximate surface area is 103 Å². The van der Waals surface area contributed by atoms with E-state index >= 15 is 0 Å². The van der Waals surface area contributed by atoms with E-state index in [4.69, 9.17) is 5.26 Å². The molecule has 0 saturated carbocycles. The first-order valence-corrected chi connectivity index (χ1v) is 5.88. The van der Waals surface area contributed by atoms with Crippen LogP contribution in [0, 0.1) is 11.3 Å². The molecule has 0 fully saturated rings. The Hall–Kier alpha value is -1.67. The lowest BCUT2D eigenvalue weighted by Gasteiger charge is -1.96. The van der Waals surface area contributed by atoms with E-state index in [0.717, 1.165) is 6.08 Å². The minimum Gasteiger partial charge on any atom is -0.231 e. The van der Waals surface area contributed by atoms with Gasteiger partial charge >= 0.3 is 0 Å². The van der Waals surface area contributed by atoms with E-state index in [-0.39, 0.29) is 11.5 Å². The van der Waals surface area contributed by atoms with Crippen molar-refractivity contribution in [3.8, 4) is 6.07 Å². The Kier molecular flexibility index (Phi) is 5.97. The molecule has 0 radical (unpaired) electrons. The molecule has 1 aromatic carbocycles. The molecule has 0 atom stereocenters. The second-order valence-corrected chi connectivity index (χ2v) is 4.08. The lowest BCUT2D eigenvalue weighted by Crippen LogP contribution is -1.88. The predicted molar refractivity (Wildman–Crippen MR) is 66.5 cm³/mol. The van der Waals surface area contributed by atoms with E-state index in [9.17, 15) is 8.78 Å². The molecular formula is C12H10F2N2S. The van der Waals surface area contributed by atoms with Crippen molar-refractivity contribution in [1.29, 1.82) is 5.26 Å². The molecule has 1 aromatic rings. The third kappa shape index (κ3) is 5.83. The summed E-state index contributed by atoms with van der Waals surface area (Å²) in [5.74, 6) is 0.413. The third-order valence-corrected chi connectivity index (χ3v) is 2.63. The number of aliphatic imine (C=N–C) groups is 1. The predicted octanol–water partition coefficient (Wildman–Crippen LogP) is 4.14. The fourth-order valence-corrected chi connectivity index (χ4v) is 1.70. The van der Waals surface area contributed by atoms with Crippen molar-refractivity contribution >= 4 is 22.5 Å². The van der Waals surface area contributed by atoms with Crippen LogP contribution in [0.25, 0.3) is 0 Å². The summed E-state index contributed by atoms with van der Waals surface area (Å²) in [6.07, 6.45) is -0.628. The van der Waals surface area contributed by atoms with Crippen LogP contribution >= 0.6 is 11.8 Å². The summed E-state index contributed by atoms with van der Waals surface area (Å²) in [6.45, 7) is 0. The van der Waals surface area contributed by atoms with Crippen molar-refractivity contribution in [2.45, 2.75) is 6.42 Å². The standard InChI is InChI=1S/C12H10F2N2S/c13-11(14)7-4-8-17-12(9-15)16-10-5-2-1-3-6-10/h1-3,5-7H,4,8H2. The van der Waals surface area contributed by atoms with Gasteiger partial charge in [0.2, 0.25) is 0 Å². The van der Waals surface area contributed by atoms with Gasteiger partial charge in [0.05, 0.1) is 5.69 Å². The van der Waals surface area contributed by atoms with Crippen molar-refractivity contribution in [3.63, 3.8) is 0 Å². The Morgan fingerprint density at radius 1 is 1.35 bits per heavy atom. The molecule has 17 heavy (non-hydrogen) atoms. The molecule has 0 heterocycles. The van der Waals surface area contributed by atoms with Gasteiger partial charge < -0.3 is 0 Å². The van der Waals surface area contributed by atoms with Crippen molar-refractivity contribution in [3.05, 3.63) is 42.5 Å². The van der Waals surface area contributed by atoms with Crippen molar-refractivity contribution in [2.75, 3.05) is 5.75 Å². The first kappa shape index (κ1) is 13.4. The maximum atomic E-state index is 11.7. The van der Waals surface area contributed by atoms with Gasteiger partial charge in [-0.25, -0.2) is 4.99 Å². The SMILES string of the molecule is N#CC(=Nc1ccccc1)SCCC=C(F)F. The Bertz CT molecular complexity index is 445. The van der Waals surface area contributed by atoms with Gasteiger partial charge in [0.25, 0.3) is 6.08 Å². The fraction of sp³-hybridized carbons (Fsp3) is 0.167. The quantitative estimate of drug-likeness (QED) is 0.458. The summed E-state index contributed by atoms with van der Waals surface area (Å²) < 4.78 is 23.5. The lowest BCUT2D eigenvalue weighted by atomic mass is 10.3. The number of nitriles is 1. The van der Waals surface area contributed by atoms with Gasteiger partial charge in [-0.3, -0.25) is 0 Å². The van der Waals surface area contributed by atoms with Gasteiger partial charge in [-0.1, -0.05) is 30.0 Å². The molecule has 0 aliphatic heterocycles. The number of nitrogens with zero attached hydrogens (tertiary/aromatic N) is 2. The molecule has 0 aromatic heterocycles. The Morgan fingerprint density at radius 2 is 2.06 bits per heavy atom. The van der Waals surface area contributed by atoms with Gasteiger partial charge in [0, 0.05) is 5.75 Å². The molecule has 88 valence electrons. The fourth-order valence-electron chi connectivity index (χ4n) is 1.03. The van der Waals surface area contributed by atoms with Crippen LogP contribution in [0.5, 0.6) is 0 Å². The number of hydrogen-bond acceptors (Lipinski definition) is 3. The van der Waals surface area contributed by atoms with Gasteiger partial charge in [-0.2, -0.15) is 14.0 Å². The molecule has 1 rings (SSSR count). The van der Waals surface area contributed by atoms with Gasteiger partial charge in [0.15, 0.2) is 5.04 Å². The summed E-state index contributed by atoms with van der Waals surface area (Å²) in [4.78, 5) is 4.10. The molecule has 0 aliphatic rings. The maximum absolute atomic E-state index is 11.7. The zero-order valence-electron chi connectivity index (χ0n) is 8.94. The number of halogens is 2. The second kappa shape index (κ2) is 7.58. The summed E-state index contributed by atoms with van der Waals surface area (Å²) in [5.41, 5.74) is 0.684. The number of allylic oxidation sites excluding steroid dienone is 1. The molecule has 0 unspecified atom stereocenters. The highest BCUT2D eigenvalue weighted by atomic mass is 32.2. The molecule has 0 amide bonds. The van der Waals surface area contributed by atoms with Crippen LogP contribution in [-0.2, 0) is 0 Å². The van der Waals surface area contributed by atoms with Crippen LogP contribution < -0.4 is 0 Å². The zero-order chi connectivity index (χ0) is 12.5. The molecule has 5 heteroatoms. The summed E-state index contributed by atoms with van der Waals surface area (Å²) in [7, 11) is 0. The van der Waals surface area contributed by atoms with E-state index in [1.165, 1.54) is 11.8 Å². The molecular weight excluding hydrogens is 242 g/mol. The van der Waals surface area contributed by atoms with E-state index in [2.05, 4.69) is 4.99 Å². The molecule has 0 bridgehead atoms. The van der Waals surface area contributed by atoms with E-state index in [1.54, 1.807) is 12.1 Å². The normalized spacial score (nSPS) is 10.8. The van der Waals surface area contributed by atoms with E-state index in [0.29, 0.717) is 11.4 Å². The number of rotatable bonds is 4. The molecule has 0 spiro atoms. The smallest absolute Gasteiger partial charge is 0.231 e. The Balaban J connectivity index is 2.53. The highest BCUT2D eigenvalue weighted by molar-refractivity contribution is 8.14. The van der Waals surface area contributed by atoms with Crippen molar-refractivity contribution < 1.29 is 8.78 Å². The van der Waals surface area contributed by atoms with Crippen LogP contribution in [0.15, 0.2) is 47.5 Å². The van der Waals surface area contributed by atoms with Gasteiger partial charge in [-0.15, -0.1) is 0 Å². The topological polar surface area (TPSA) is 36.1 Å². The largest absolute Gasteiger partial charge is 0.266 e. The van der Waals surface area contributed by atoms with Crippen LogP contribution in [0.4, 0.5) is 14.5 Å². The van der Waals surface area contributed by atoms with Crippen molar-refractivity contribution in [1.82, 2.24) is 0 Å². The van der Waals surface area contributed by atoms with E-state index in [1.807, 2.05) is 24.3 Å². The highest BCUT2D eigenvalue weighted by Crippen LogP contribution is 2.15. The summed E-state index contributed by atoms with van der Waals surface area (Å²) in [6, 6.07) is 11.0. The molecule has 2 nitrogen and oxygen atoms in total.